The molecule has 2 aromatic rings. The van der Waals surface area contributed by atoms with Crippen molar-refractivity contribution in [1.29, 1.82) is 0 Å². The summed E-state index contributed by atoms with van der Waals surface area (Å²) in [5.41, 5.74) is 1.22. The Morgan fingerprint density at radius 2 is 1.62 bits per heavy atom. The van der Waals surface area contributed by atoms with Gasteiger partial charge in [0.25, 0.3) is 10.0 Å². The molecule has 1 atom stereocenters. The van der Waals surface area contributed by atoms with Gasteiger partial charge in [0.05, 0.1) is 29.8 Å². The summed E-state index contributed by atoms with van der Waals surface area (Å²) in [6, 6.07) is 16.5. The number of ether oxygens (including phenoxy) is 1. The Kier molecular flexibility index (Phi) is 4.40. The van der Waals surface area contributed by atoms with Crippen molar-refractivity contribution in [3.63, 3.8) is 0 Å². The van der Waals surface area contributed by atoms with Crippen molar-refractivity contribution in [3.8, 4) is 0 Å². The lowest BCUT2D eigenvalue weighted by Crippen LogP contribution is -2.35. The van der Waals surface area contributed by atoms with Gasteiger partial charge in [-0.1, -0.05) is 57.2 Å². The minimum atomic E-state index is -3.67. The van der Waals surface area contributed by atoms with E-state index in [4.69, 9.17) is 4.74 Å². The number of hydrogen-bond donors (Lipinski definition) is 0. The first-order chi connectivity index (χ1) is 11.3. The summed E-state index contributed by atoms with van der Waals surface area (Å²) in [6.07, 6.45) is -0.0261. The van der Waals surface area contributed by atoms with E-state index >= 15 is 0 Å². The Labute approximate surface area is 144 Å². The molecular weight excluding hydrogens is 322 g/mol. The monoisotopic (exact) mass is 345 g/mol. The van der Waals surface area contributed by atoms with Crippen molar-refractivity contribution in [1.82, 2.24) is 0 Å². The molecule has 2 aromatic carbocycles. The normalized spacial score (nSPS) is 17.5. The lowest BCUT2D eigenvalue weighted by atomic mass is 9.87. The van der Waals surface area contributed by atoms with Crippen molar-refractivity contribution in [2.24, 2.45) is 0 Å². The number of sulfonamides is 1. The lowest BCUT2D eigenvalue weighted by Gasteiger charge is -2.28. The number of anilines is 1. The Bertz CT molecular complexity index is 806. The van der Waals surface area contributed by atoms with Gasteiger partial charge in [-0.05, 0) is 29.2 Å². The molecule has 1 aliphatic rings. The molecule has 0 aromatic heterocycles. The fourth-order valence-electron chi connectivity index (χ4n) is 2.72. The summed E-state index contributed by atoms with van der Waals surface area (Å²) in [6.45, 7) is 7.03. The minimum absolute atomic E-state index is 0.0261. The number of benzene rings is 2. The molecular formula is C19H23NO3S. The molecule has 0 N–H and O–H groups in total. The number of rotatable bonds is 5. The van der Waals surface area contributed by atoms with Gasteiger partial charge in [0, 0.05) is 0 Å². The molecule has 0 amide bonds. The first-order valence-electron chi connectivity index (χ1n) is 8.09. The largest absolute Gasteiger partial charge is 0.371 e. The highest BCUT2D eigenvalue weighted by atomic mass is 32.2. The van der Waals surface area contributed by atoms with Gasteiger partial charge in [-0.3, -0.25) is 4.31 Å². The van der Waals surface area contributed by atoms with E-state index in [9.17, 15) is 8.42 Å². The predicted octanol–water partition coefficient (Wildman–Crippen LogP) is 3.58. The maximum atomic E-state index is 13.4. The molecule has 5 heteroatoms. The van der Waals surface area contributed by atoms with Crippen LogP contribution in [-0.4, -0.2) is 27.7 Å². The topological polar surface area (TPSA) is 49.9 Å². The van der Waals surface area contributed by atoms with Crippen LogP contribution in [0.1, 0.15) is 26.3 Å². The fraction of sp³-hybridized carbons (Fsp3) is 0.368. The summed E-state index contributed by atoms with van der Waals surface area (Å²) in [4.78, 5) is 0.363. The van der Waals surface area contributed by atoms with Gasteiger partial charge in [0.2, 0.25) is 0 Å². The highest BCUT2D eigenvalue weighted by molar-refractivity contribution is 7.92. The average Bonchev–Trinajstić information content (AvgIpc) is 3.37. The first-order valence-corrected chi connectivity index (χ1v) is 9.53. The quantitative estimate of drug-likeness (QED) is 0.778. The third-order valence-corrected chi connectivity index (χ3v) is 5.93. The molecule has 1 heterocycles. The molecule has 3 rings (SSSR count). The number of hydrogen-bond acceptors (Lipinski definition) is 3. The third kappa shape index (κ3) is 3.47. The van der Waals surface area contributed by atoms with Crippen molar-refractivity contribution >= 4 is 15.7 Å². The number of nitrogens with zero attached hydrogens (tertiary/aromatic N) is 1. The molecule has 1 saturated heterocycles. The van der Waals surface area contributed by atoms with Crippen LogP contribution in [0.5, 0.6) is 0 Å². The van der Waals surface area contributed by atoms with Gasteiger partial charge in [-0.15, -0.1) is 0 Å². The van der Waals surface area contributed by atoms with Crippen LogP contribution in [-0.2, 0) is 20.2 Å². The summed E-state index contributed by atoms with van der Waals surface area (Å²) in [7, 11) is -3.67. The van der Waals surface area contributed by atoms with E-state index in [0.29, 0.717) is 23.7 Å². The molecule has 0 bridgehead atoms. The van der Waals surface area contributed by atoms with Crippen LogP contribution in [0, 0.1) is 0 Å². The summed E-state index contributed by atoms with van der Waals surface area (Å²) >= 11 is 0. The minimum Gasteiger partial charge on any atom is -0.371 e. The van der Waals surface area contributed by atoms with E-state index in [0.717, 1.165) is 5.56 Å². The molecule has 128 valence electrons. The molecule has 4 nitrogen and oxygen atoms in total. The maximum Gasteiger partial charge on any atom is 0.264 e. The second-order valence-corrected chi connectivity index (χ2v) is 8.90. The van der Waals surface area contributed by atoms with E-state index in [1.807, 2.05) is 63.2 Å². The summed E-state index contributed by atoms with van der Waals surface area (Å²) in [5, 5.41) is 0. The highest BCUT2D eigenvalue weighted by Crippen LogP contribution is 2.33. The zero-order valence-electron chi connectivity index (χ0n) is 14.3. The molecule has 0 saturated carbocycles. The van der Waals surface area contributed by atoms with Crippen molar-refractivity contribution < 1.29 is 13.2 Å². The zero-order chi connectivity index (χ0) is 17.4. The molecule has 0 radical (unpaired) electrons. The van der Waals surface area contributed by atoms with Gasteiger partial charge in [-0.2, -0.15) is 0 Å². The molecule has 1 unspecified atom stereocenters. The van der Waals surface area contributed by atoms with Crippen molar-refractivity contribution in [2.75, 3.05) is 17.5 Å². The Morgan fingerprint density at radius 1 is 1.04 bits per heavy atom. The standard InChI is InChI=1S/C19H23NO3S/c1-19(2,3)17-11-7-8-12-18(17)24(21,22)20(13-16-14-23-16)15-9-5-4-6-10-15/h4-12,16H,13-14H2,1-3H3. The zero-order valence-corrected chi connectivity index (χ0v) is 15.1. The van der Waals surface area contributed by atoms with Crippen molar-refractivity contribution in [2.45, 2.75) is 37.2 Å². The number of para-hydroxylation sites is 1. The van der Waals surface area contributed by atoms with Crippen LogP contribution in [0.25, 0.3) is 0 Å². The van der Waals surface area contributed by atoms with Gasteiger partial charge >= 0.3 is 0 Å². The highest BCUT2D eigenvalue weighted by Gasteiger charge is 2.35. The summed E-state index contributed by atoms with van der Waals surface area (Å²) < 4.78 is 33.6. The van der Waals surface area contributed by atoms with Crippen molar-refractivity contribution in [3.05, 3.63) is 60.2 Å². The predicted molar refractivity (Wildman–Crippen MR) is 95.9 cm³/mol. The van der Waals surface area contributed by atoms with Crippen LogP contribution in [0.4, 0.5) is 5.69 Å². The Hall–Kier alpha value is -1.85. The van der Waals surface area contributed by atoms with Crippen LogP contribution in [0.2, 0.25) is 0 Å². The summed E-state index contributed by atoms with van der Waals surface area (Å²) in [5.74, 6) is 0. The van der Waals surface area contributed by atoms with Gasteiger partial charge < -0.3 is 4.74 Å². The Morgan fingerprint density at radius 3 is 2.21 bits per heavy atom. The van der Waals surface area contributed by atoms with Crippen LogP contribution in [0.15, 0.2) is 59.5 Å². The van der Waals surface area contributed by atoms with E-state index in [2.05, 4.69) is 0 Å². The van der Waals surface area contributed by atoms with Crippen LogP contribution < -0.4 is 4.31 Å². The first kappa shape index (κ1) is 17.0. The smallest absolute Gasteiger partial charge is 0.264 e. The SMILES string of the molecule is CC(C)(C)c1ccccc1S(=O)(=O)N(CC1CO1)c1ccccc1. The van der Waals surface area contributed by atoms with E-state index < -0.39 is 10.0 Å². The molecule has 1 fully saturated rings. The van der Waals surface area contributed by atoms with Crippen LogP contribution >= 0.6 is 0 Å². The third-order valence-electron chi connectivity index (χ3n) is 4.08. The average molecular weight is 345 g/mol. The van der Waals surface area contributed by atoms with E-state index in [1.54, 1.807) is 12.1 Å². The second-order valence-electron chi connectivity index (χ2n) is 7.07. The second kappa shape index (κ2) is 6.22. The molecule has 0 spiro atoms. The fourth-order valence-corrected chi connectivity index (χ4v) is 4.63. The number of epoxide rings is 1. The van der Waals surface area contributed by atoms with Gasteiger partial charge in [-0.25, -0.2) is 8.42 Å². The van der Waals surface area contributed by atoms with Crippen LogP contribution in [0.3, 0.4) is 0 Å². The van der Waals surface area contributed by atoms with E-state index in [1.165, 1.54) is 4.31 Å². The van der Waals surface area contributed by atoms with Gasteiger partial charge in [0.15, 0.2) is 0 Å². The maximum absolute atomic E-state index is 13.4. The molecule has 24 heavy (non-hydrogen) atoms. The van der Waals surface area contributed by atoms with E-state index in [-0.39, 0.29) is 11.5 Å². The lowest BCUT2D eigenvalue weighted by molar-refractivity contribution is 0.412. The van der Waals surface area contributed by atoms with Gasteiger partial charge in [0.1, 0.15) is 0 Å². The Balaban J connectivity index is 2.10. The molecule has 1 aliphatic heterocycles. The molecule has 0 aliphatic carbocycles.